The monoisotopic (exact) mass is 377 g/mol. The molecule has 4 nitrogen and oxygen atoms in total. The molecule has 0 bridgehead atoms. The van der Waals surface area contributed by atoms with Crippen LogP contribution in [0.4, 0.5) is 5.69 Å². The van der Waals surface area contributed by atoms with Crippen LogP contribution in [0.15, 0.2) is 47.7 Å². The minimum absolute atomic E-state index is 0.0468. The van der Waals surface area contributed by atoms with Crippen molar-refractivity contribution in [2.45, 2.75) is 39.5 Å². The summed E-state index contributed by atoms with van der Waals surface area (Å²) in [5.74, 6) is 1.48. The van der Waals surface area contributed by atoms with Crippen LogP contribution >= 0.6 is 0 Å². The fraction of sp³-hybridized carbons (Fsp3) is 0.375. The van der Waals surface area contributed by atoms with Crippen molar-refractivity contribution in [2.75, 3.05) is 19.5 Å². The first kappa shape index (κ1) is 18.6. The van der Waals surface area contributed by atoms with Crippen molar-refractivity contribution in [3.05, 3.63) is 64.4 Å². The standard InChI is InChI=1S/C24H27NO3/c1-14-6-8-15(9-7-14)22-16-10-20(27-4)21(28-5)11-17(16)25-18-12-24(2,3)13-19(26)23(18)22/h6-11,22,25H,12-13H2,1-5H3/t22-/m0/s1. The SMILES string of the molecule is COc1cc2c(cc1OC)[C@H](c1ccc(C)cc1)C1=C(CC(C)(C)CC1=O)N2. The summed E-state index contributed by atoms with van der Waals surface area (Å²) in [7, 11) is 3.28. The predicted octanol–water partition coefficient (Wildman–Crippen LogP) is 5.21. The number of rotatable bonds is 3. The zero-order chi connectivity index (χ0) is 20.1. The third-order valence-electron chi connectivity index (χ3n) is 5.77. The number of carbonyl (C=O) groups is 1. The van der Waals surface area contributed by atoms with Crippen LogP contribution in [0.1, 0.15) is 49.3 Å². The molecule has 0 saturated carbocycles. The van der Waals surface area contributed by atoms with Crippen molar-refractivity contribution >= 4 is 11.5 Å². The number of hydrogen-bond donors (Lipinski definition) is 1. The first-order valence-electron chi connectivity index (χ1n) is 9.69. The molecule has 0 aromatic heterocycles. The number of Topliss-reactive ketones (excluding diaryl/α,β-unsaturated/α-hetero) is 1. The molecule has 146 valence electrons. The molecule has 0 radical (unpaired) electrons. The van der Waals surface area contributed by atoms with Gasteiger partial charge < -0.3 is 14.8 Å². The molecule has 4 heteroatoms. The van der Waals surface area contributed by atoms with Crippen molar-refractivity contribution in [3.63, 3.8) is 0 Å². The molecule has 2 aromatic carbocycles. The quantitative estimate of drug-likeness (QED) is 0.797. The smallest absolute Gasteiger partial charge is 0.162 e. The number of hydrogen-bond acceptors (Lipinski definition) is 4. The van der Waals surface area contributed by atoms with Gasteiger partial charge in [0.05, 0.1) is 14.2 Å². The highest BCUT2D eigenvalue weighted by atomic mass is 16.5. The van der Waals surface area contributed by atoms with E-state index in [1.807, 2.05) is 12.1 Å². The predicted molar refractivity (Wildman–Crippen MR) is 111 cm³/mol. The van der Waals surface area contributed by atoms with Crippen LogP contribution in [-0.2, 0) is 4.79 Å². The van der Waals surface area contributed by atoms with Crippen molar-refractivity contribution < 1.29 is 14.3 Å². The Bertz CT molecular complexity index is 970. The lowest BCUT2D eigenvalue weighted by Gasteiger charge is -2.39. The maximum Gasteiger partial charge on any atom is 0.162 e. The van der Waals surface area contributed by atoms with Gasteiger partial charge in [0.2, 0.25) is 0 Å². The highest BCUT2D eigenvalue weighted by Gasteiger charge is 2.41. The second-order valence-electron chi connectivity index (χ2n) is 8.60. The van der Waals surface area contributed by atoms with E-state index in [1.54, 1.807) is 14.2 Å². The van der Waals surface area contributed by atoms with Crippen molar-refractivity contribution in [1.82, 2.24) is 0 Å². The molecule has 0 amide bonds. The van der Waals surface area contributed by atoms with Crippen molar-refractivity contribution in [1.29, 1.82) is 0 Å². The van der Waals surface area contributed by atoms with Gasteiger partial charge in [0, 0.05) is 35.4 Å². The van der Waals surface area contributed by atoms with Gasteiger partial charge in [-0.25, -0.2) is 0 Å². The topological polar surface area (TPSA) is 47.6 Å². The summed E-state index contributed by atoms with van der Waals surface area (Å²) in [6, 6.07) is 12.4. The Morgan fingerprint density at radius 2 is 1.64 bits per heavy atom. The van der Waals surface area contributed by atoms with Crippen molar-refractivity contribution in [2.24, 2.45) is 5.41 Å². The number of ether oxygens (including phenoxy) is 2. The summed E-state index contributed by atoms with van der Waals surface area (Å²) >= 11 is 0. The normalized spacial score (nSPS) is 20.2. The zero-order valence-corrected chi connectivity index (χ0v) is 17.2. The lowest BCUT2D eigenvalue weighted by molar-refractivity contribution is -0.118. The van der Waals surface area contributed by atoms with E-state index < -0.39 is 0 Å². The maximum atomic E-state index is 13.2. The van der Waals surface area contributed by atoms with Crippen LogP contribution in [0, 0.1) is 12.3 Å². The number of ketones is 1. The van der Waals surface area contributed by atoms with Crippen molar-refractivity contribution in [3.8, 4) is 11.5 Å². The molecule has 1 N–H and O–H groups in total. The van der Waals surface area contributed by atoms with Crippen LogP contribution in [0.25, 0.3) is 0 Å². The summed E-state index contributed by atoms with van der Waals surface area (Å²) in [6.07, 6.45) is 1.42. The van der Waals surface area contributed by atoms with Gasteiger partial charge in [-0.1, -0.05) is 43.7 Å². The molecule has 1 atom stereocenters. The highest BCUT2D eigenvalue weighted by Crippen LogP contribution is 2.51. The summed E-state index contributed by atoms with van der Waals surface area (Å²) in [4.78, 5) is 13.2. The van der Waals surface area contributed by atoms with E-state index in [0.29, 0.717) is 17.9 Å². The molecule has 1 aliphatic heterocycles. The molecule has 0 saturated heterocycles. The Morgan fingerprint density at radius 1 is 1.00 bits per heavy atom. The van der Waals surface area contributed by atoms with Crippen LogP contribution in [0.3, 0.4) is 0 Å². The van der Waals surface area contributed by atoms with E-state index >= 15 is 0 Å². The molecular weight excluding hydrogens is 350 g/mol. The van der Waals surface area contributed by atoms with E-state index in [1.165, 1.54) is 5.56 Å². The van der Waals surface area contributed by atoms with E-state index in [-0.39, 0.29) is 17.1 Å². The van der Waals surface area contributed by atoms with Crippen LogP contribution < -0.4 is 14.8 Å². The third kappa shape index (κ3) is 3.07. The van der Waals surface area contributed by atoms with E-state index in [4.69, 9.17) is 9.47 Å². The zero-order valence-electron chi connectivity index (χ0n) is 17.2. The molecular formula is C24H27NO3. The Morgan fingerprint density at radius 3 is 2.29 bits per heavy atom. The van der Waals surface area contributed by atoms with Gasteiger partial charge >= 0.3 is 0 Å². The number of benzene rings is 2. The van der Waals surface area contributed by atoms with Crippen LogP contribution in [0.5, 0.6) is 11.5 Å². The Balaban J connectivity index is 1.95. The lowest BCUT2D eigenvalue weighted by Crippen LogP contribution is -2.33. The molecule has 0 spiro atoms. The minimum atomic E-state index is -0.102. The van der Waals surface area contributed by atoms with Crippen LogP contribution in [-0.4, -0.2) is 20.0 Å². The van der Waals surface area contributed by atoms with E-state index in [0.717, 1.165) is 34.5 Å². The van der Waals surface area contributed by atoms with Gasteiger partial charge in [-0.2, -0.15) is 0 Å². The molecule has 0 fully saturated rings. The molecule has 0 unspecified atom stereocenters. The van der Waals surface area contributed by atoms with Gasteiger partial charge in [0.1, 0.15) is 0 Å². The number of aryl methyl sites for hydroxylation is 1. The fourth-order valence-corrected chi connectivity index (χ4v) is 4.45. The Labute approximate surface area is 166 Å². The number of carbonyl (C=O) groups excluding carboxylic acids is 1. The first-order valence-corrected chi connectivity index (χ1v) is 9.69. The average molecular weight is 377 g/mol. The first-order chi connectivity index (χ1) is 13.3. The second kappa shape index (κ2) is 6.69. The summed E-state index contributed by atoms with van der Waals surface area (Å²) in [5.41, 5.74) is 6.24. The Kier molecular flexibility index (Phi) is 4.45. The number of methoxy groups -OCH3 is 2. The van der Waals surface area contributed by atoms with Gasteiger partial charge in [0.25, 0.3) is 0 Å². The molecule has 2 aromatic rings. The fourth-order valence-electron chi connectivity index (χ4n) is 4.45. The number of allylic oxidation sites excluding steroid dienone is 2. The van der Waals surface area contributed by atoms with Gasteiger partial charge in [0.15, 0.2) is 17.3 Å². The van der Waals surface area contributed by atoms with Gasteiger partial charge in [-0.3, -0.25) is 4.79 Å². The Hall–Kier alpha value is -2.75. The highest BCUT2D eigenvalue weighted by molar-refractivity contribution is 6.01. The number of nitrogens with one attached hydrogen (secondary N) is 1. The number of fused-ring (bicyclic) bond motifs is 1. The minimum Gasteiger partial charge on any atom is -0.493 e. The second-order valence-corrected chi connectivity index (χ2v) is 8.60. The third-order valence-corrected chi connectivity index (χ3v) is 5.77. The molecule has 28 heavy (non-hydrogen) atoms. The summed E-state index contributed by atoms with van der Waals surface area (Å²) < 4.78 is 11.1. The van der Waals surface area contributed by atoms with Crippen LogP contribution in [0.2, 0.25) is 0 Å². The average Bonchev–Trinajstić information content (AvgIpc) is 2.65. The number of anilines is 1. The molecule has 1 aliphatic carbocycles. The molecule has 1 heterocycles. The molecule has 4 rings (SSSR count). The molecule has 2 aliphatic rings. The van der Waals surface area contributed by atoms with E-state index in [2.05, 4.69) is 50.4 Å². The summed E-state index contributed by atoms with van der Waals surface area (Å²) in [5, 5.41) is 3.55. The summed E-state index contributed by atoms with van der Waals surface area (Å²) in [6.45, 7) is 6.38. The maximum absolute atomic E-state index is 13.2. The van der Waals surface area contributed by atoms with Gasteiger partial charge in [-0.15, -0.1) is 0 Å². The van der Waals surface area contributed by atoms with Gasteiger partial charge in [-0.05, 0) is 36.0 Å². The largest absolute Gasteiger partial charge is 0.493 e. The lowest BCUT2D eigenvalue weighted by atomic mass is 9.68. The van der Waals surface area contributed by atoms with E-state index in [9.17, 15) is 4.79 Å².